The van der Waals surface area contributed by atoms with E-state index < -0.39 is 22.0 Å². The van der Waals surface area contributed by atoms with E-state index in [4.69, 9.17) is 5.11 Å². The minimum atomic E-state index is -3.75. The molecular formula is C12H14N2O4S3. The predicted molar refractivity (Wildman–Crippen MR) is 81.5 cm³/mol. The normalized spacial score (nSPS) is 13.2. The zero-order valence-corrected chi connectivity index (χ0v) is 13.8. The van der Waals surface area contributed by atoms with E-state index in [0.29, 0.717) is 5.01 Å². The summed E-state index contributed by atoms with van der Waals surface area (Å²) in [5.74, 6) is -1.14. The Morgan fingerprint density at radius 1 is 1.43 bits per heavy atom. The molecule has 0 spiro atoms. The third-order valence-electron chi connectivity index (χ3n) is 2.68. The van der Waals surface area contributed by atoms with Gasteiger partial charge in [-0.15, -0.1) is 22.7 Å². The number of hydrogen-bond donors (Lipinski definition) is 2. The van der Waals surface area contributed by atoms with Gasteiger partial charge < -0.3 is 5.11 Å². The fourth-order valence-corrected chi connectivity index (χ4v) is 4.91. The van der Waals surface area contributed by atoms with Gasteiger partial charge in [0, 0.05) is 11.1 Å². The molecule has 0 aliphatic carbocycles. The first-order valence-electron chi connectivity index (χ1n) is 6.13. The van der Waals surface area contributed by atoms with E-state index in [1.54, 1.807) is 13.1 Å². The number of nitrogens with zero attached hydrogens (tertiary/aromatic N) is 1. The highest BCUT2D eigenvalue weighted by molar-refractivity contribution is 7.91. The number of hydrogen-bond acceptors (Lipinski definition) is 6. The van der Waals surface area contributed by atoms with Crippen molar-refractivity contribution in [2.24, 2.45) is 0 Å². The summed E-state index contributed by atoms with van der Waals surface area (Å²) in [7, 11) is -3.75. The first kappa shape index (κ1) is 16.1. The zero-order chi connectivity index (χ0) is 15.6. The number of carboxylic acids is 1. The van der Waals surface area contributed by atoms with Crippen molar-refractivity contribution in [1.29, 1.82) is 0 Å². The molecule has 114 valence electrons. The van der Waals surface area contributed by atoms with E-state index >= 15 is 0 Å². The van der Waals surface area contributed by atoms with Crippen molar-refractivity contribution in [2.75, 3.05) is 0 Å². The zero-order valence-electron chi connectivity index (χ0n) is 11.4. The summed E-state index contributed by atoms with van der Waals surface area (Å²) >= 11 is 2.19. The van der Waals surface area contributed by atoms with Crippen LogP contribution in [0.3, 0.4) is 0 Å². The molecule has 9 heteroatoms. The lowest BCUT2D eigenvalue weighted by Crippen LogP contribution is -2.26. The van der Waals surface area contributed by atoms with Gasteiger partial charge in [-0.1, -0.05) is 6.92 Å². The van der Waals surface area contributed by atoms with Crippen LogP contribution in [-0.4, -0.2) is 24.5 Å². The summed E-state index contributed by atoms with van der Waals surface area (Å²) in [5, 5.41) is 9.53. The third-order valence-corrected chi connectivity index (χ3v) is 7.11. The number of carbonyl (C=O) groups is 1. The smallest absolute Gasteiger partial charge is 0.345 e. The molecule has 0 fully saturated rings. The third kappa shape index (κ3) is 3.67. The number of rotatable bonds is 6. The van der Waals surface area contributed by atoms with E-state index in [2.05, 4.69) is 9.71 Å². The van der Waals surface area contributed by atoms with Gasteiger partial charge in [0.05, 0.1) is 6.04 Å². The summed E-state index contributed by atoms with van der Waals surface area (Å²) in [4.78, 5) is 16.1. The van der Waals surface area contributed by atoms with Gasteiger partial charge in [0.15, 0.2) is 0 Å². The van der Waals surface area contributed by atoms with Gasteiger partial charge in [0.1, 0.15) is 14.1 Å². The molecule has 0 amide bonds. The van der Waals surface area contributed by atoms with Crippen molar-refractivity contribution in [3.05, 3.63) is 33.1 Å². The molecular weight excluding hydrogens is 332 g/mol. The Morgan fingerprint density at radius 3 is 2.67 bits per heavy atom. The molecule has 0 aliphatic rings. The summed E-state index contributed by atoms with van der Waals surface area (Å²) in [6, 6.07) is 2.11. The van der Waals surface area contributed by atoms with E-state index in [1.807, 2.05) is 6.92 Å². The van der Waals surface area contributed by atoms with Crippen LogP contribution in [0.15, 0.2) is 22.5 Å². The van der Waals surface area contributed by atoms with Crippen LogP contribution < -0.4 is 4.72 Å². The first-order chi connectivity index (χ1) is 9.83. The van der Waals surface area contributed by atoms with E-state index in [-0.39, 0.29) is 9.09 Å². The minimum Gasteiger partial charge on any atom is -0.477 e. The number of thiophene rings is 1. The van der Waals surface area contributed by atoms with E-state index in [0.717, 1.165) is 22.6 Å². The van der Waals surface area contributed by atoms with Crippen LogP contribution in [0.4, 0.5) is 0 Å². The van der Waals surface area contributed by atoms with Crippen LogP contribution in [0, 0.1) is 0 Å². The van der Waals surface area contributed by atoms with Gasteiger partial charge in [0.25, 0.3) is 10.0 Å². The molecule has 0 aromatic carbocycles. The molecule has 0 saturated heterocycles. The average molecular weight is 346 g/mol. The molecule has 0 saturated carbocycles. The topological polar surface area (TPSA) is 96.4 Å². The van der Waals surface area contributed by atoms with Gasteiger partial charge in [-0.05, 0) is 25.5 Å². The Labute approximate surface area is 130 Å². The van der Waals surface area contributed by atoms with Crippen molar-refractivity contribution >= 4 is 38.7 Å². The quantitative estimate of drug-likeness (QED) is 0.838. The van der Waals surface area contributed by atoms with Crippen LogP contribution >= 0.6 is 22.7 Å². The second-order valence-electron chi connectivity index (χ2n) is 4.29. The Morgan fingerprint density at radius 2 is 2.14 bits per heavy atom. The number of aromatic nitrogens is 1. The lowest BCUT2D eigenvalue weighted by Gasteiger charge is -2.10. The lowest BCUT2D eigenvalue weighted by atomic mass is 10.4. The second kappa shape index (κ2) is 6.22. The molecule has 0 bridgehead atoms. The van der Waals surface area contributed by atoms with Gasteiger partial charge in [-0.25, -0.2) is 22.9 Å². The number of aryl methyl sites for hydroxylation is 1. The van der Waals surface area contributed by atoms with E-state index in [9.17, 15) is 13.2 Å². The SMILES string of the molecule is CCc1cnc(C(C)NS(=O)(=O)c2ccc(C(=O)O)s2)s1. The van der Waals surface area contributed by atoms with Gasteiger partial charge in [0.2, 0.25) is 0 Å². The summed E-state index contributed by atoms with van der Waals surface area (Å²) in [6.45, 7) is 3.72. The molecule has 1 unspecified atom stereocenters. The van der Waals surface area contributed by atoms with Crippen LogP contribution in [0.25, 0.3) is 0 Å². The molecule has 21 heavy (non-hydrogen) atoms. The second-order valence-corrected chi connectivity index (χ2v) is 8.46. The molecule has 2 N–H and O–H groups in total. The maximum absolute atomic E-state index is 12.2. The fraction of sp³-hybridized carbons (Fsp3) is 0.333. The predicted octanol–water partition coefficient (Wildman–Crippen LogP) is 2.50. The highest BCUT2D eigenvalue weighted by Crippen LogP contribution is 2.25. The molecule has 2 aromatic rings. The van der Waals surface area contributed by atoms with Crippen molar-refractivity contribution in [2.45, 2.75) is 30.5 Å². The highest BCUT2D eigenvalue weighted by atomic mass is 32.2. The number of sulfonamides is 1. The van der Waals surface area contributed by atoms with Crippen molar-refractivity contribution in [3.8, 4) is 0 Å². The summed E-state index contributed by atoms with van der Waals surface area (Å²) < 4.78 is 26.9. The highest BCUT2D eigenvalue weighted by Gasteiger charge is 2.23. The van der Waals surface area contributed by atoms with Gasteiger partial charge in [-0.2, -0.15) is 0 Å². The Bertz CT molecular complexity index is 748. The molecule has 2 aromatic heterocycles. The first-order valence-corrected chi connectivity index (χ1v) is 9.25. The van der Waals surface area contributed by atoms with Crippen molar-refractivity contribution < 1.29 is 18.3 Å². The molecule has 2 rings (SSSR count). The van der Waals surface area contributed by atoms with Crippen LogP contribution in [0.5, 0.6) is 0 Å². The maximum atomic E-state index is 12.2. The number of thiazole rings is 1. The van der Waals surface area contributed by atoms with Crippen LogP contribution in [0.2, 0.25) is 0 Å². The Kier molecular flexibility index (Phi) is 4.77. The minimum absolute atomic E-state index is 0.00875. The number of nitrogens with one attached hydrogen (secondary N) is 1. The lowest BCUT2D eigenvalue weighted by molar-refractivity contribution is 0.0702. The van der Waals surface area contributed by atoms with E-state index in [1.165, 1.54) is 23.5 Å². The molecule has 2 heterocycles. The standard InChI is InChI=1S/C12H14N2O4S3/c1-3-8-6-13-11(19-8)7(2)14-21(17,18)10-5-4-9(20-10)12(15)16/h4-7,14H,3H2,1-2H3,(H,15,16). The molecule has 1 atom stereocenters. The van der Waals surface area contributed by atoms with Crippen LogP contribution in [0.1, 0.15) is 39.4 Å². The molecule has 6 nitrogen and oxygen atoms in total. The van der Waals surface area contributed by atoms with Crippen LogP contribution in [-0.2, 0) is 16.4 Å². The molecule has 0 aliphatic heterocycles. The Balaban J connectivity index is 2.17. The molecule has 0 radical (unpaired) electrons. The van der Waals surface area contributed by atoms with Crippen molar-refractivity contribution in [3.63, 3.8) is 0 Å². The number of aromatic carboxylic acids is 1. The van der Waals surface area contributed by atoms with Gasteiger partial charge >= 0.3 is 5.97 Å². The largest absolute Gasteiger partial charge is 0.477 e. The maximum Gasteiger partial charge on any atom is 0.345 e. The Hall–Kier alpha value is -1.29. The summed E-state index contributed by atoms with van der Waals surface area (Å²) in [5.41, 5.74) is 0. The number of carboxylic acid groups (broad SMARTS) is 1. The summed E-state index contributed by atoms with van der Waals surface area (Å²) in [6.07, 6.45) is 2.59. The van der Waals surface area contributed by atoms with Gasteiger partial charge in [-0.3, -0.25) is 0 Å². The fourth-order valence-electron chi connectivity index (χ4n) is 1.61. The average Bonchev–Trinajstić information content (AvgIpc) is 3.07. The monoisotopic (exact) mass is 346 g/mol. The van der Waals surface area contributed by atoms with Crippen molar-refractivity contribution in [1.82, 2.24) is 9.71 Å².